The number of hydrogen-bond acceptors (Lipinski definition) is 4. The van der Waals surface area contributed by atoms with Gasteiger partial charge in [-0.15, -0.1) is 0 Å². The molecule has 0 aliphatic carbocycles. The molecule has 100 valence electrons. The molecule has 0 fully saturated rings. The van der Waals surface area contributed by atoms with Gasteiger partial charge in [0.15, 0.2) is 0 Å². The van der Waals surface area contributed by atoms with Crippen LogP contribution in [0.2, 0.25) is 0 Å². The summed E-state index contributed by atoms with van der Waals surface area (Å²) in [6.07, 6.45) is 1.52. The van der Waals surface area contributed by atoms with Crippen LogP contribution in [0.15, 0.2) is 17.0 Å². The summed E-state index contributed by atoms with van der Waals surface area (Å²) in [7, 11) is -2.58. The quantitative estimate of drug-likeness (QED) is 0.838. The lowest BCUT2D eigenvalue weighted by molar-refractivity contribution is 0.0599. The first-order chi connectivity index (χ1) is 8.31. The van der Waals surface area contributed by atoms with E-state index in [1.807, 2.05) is 6.92 Å². The lowest BCUT2D eigenvalue weighted by Crippen LogP contribution is -2.16. The van der Waals surface area contributed by atoms with Crippen molar-refractivity contribution >= 4 is 16.0 Å². The Kier molecular flexibility index (Phi) is 4.48. The van der Waals surface area contributed by atoms with Gasteiger partial charge in [-0.3, -0.25) is 0 Å². The number of aryl methyl sites for hydroxylation is 2. The van der Waals surface area contributed by atoms with E-state index in [1.165, 1.54) is 13.2 Å². The summed E-state index contributed by atoms with van der Waals surface area (Å²) in [6, 6.07) is 2.97. The van der Waals surface area contributed by atoms with Crippen molar-refractivity contribution in [3.63, 3.8) is 0 Å². The van der Waals surface area contributed by atoms with E-state index in [0.717, 1.165) is 12.0 Å². The van der Waals surface area contributed by atoms with Crippen LogP contribution in [0.1, 0.15) is 34.8 Å². The first kappa shape index (κ1) is 14.7. The average molecular weight is 271 g/mol. The van der Waals surface area contributed by atoms with Gasteiger partial charge in [-0.05, 0) is 30.5 Å². The molecule has 1 aromatic carbocycles. The Morgan fingerprint density at radius 2 is 2.00 bits per heavy atom. The van der Waals surface area contributed by atoms with Crippen LogP contribution in [0.4, 0.5) is 0 Å². The molecule has 1 rings (SSSR count). The van der Waals surface area contributed by atoms with E-state index in [9.17, 15) is 13.2 Å². The maximum absolute atomic E-state index is 11.6. The van der Waals surface area contributed by atoms with E-state index in [-0.39, 0.29) is 10.5 Å². The summed E-state index contributed by atoms with van der Waals surface area (Å²) in [6.45, 7) is 3.63. The molecule has 0 aliphatic rings. The van der Waals surface area contributed by atoms with Crippen molar-refractivity contribution < 1.29 is 17.9 Å². The minimum atomic E-state index is -3.84. The summed E-state index contributed by atoms with van der Waals surface area (Å²) in [5, 5.41) is 5.11. The molecule has 0 spiro atoms. The average Bonchev–Trinajstić information content (AvgIpc) is 2.27. The second-order valence-corrected chi connectivity index (χ2v) is 5.59. The van der Waals surface area contributed by atoms with Gasteiger partial charge in [0.2, 0.25) is 10.0 Å². The molecular weight excluding hydrogens is 254 g/mol. The topological polar surface area (TPSA) is 86.5 Å². The highest BCUT2D eigenvalue weighted by Gasteiger charge is 2.19. The van der Waals surface area contributed by atoms with Crippen molar-refractivity contribution in [1.82, 2.24) is 0 Å². The fourth-order valence-corrected chi connectivity index (χ4v) is 2.62. The Morgan fingerprint density at radius 3 is 2.44 bits per heavy atom. The van der Waals surface area contributed by atoms with Crippen LogP contribution in [0.3, 0.4) is 0 Å². The van der Waals surface area contributed by atoms with Gasteiger partial charge in [0.1, 0.15) is 0 Å². The first-order valence-corrected chi connectivity index (χ1v) is 7.10. The number of hydrogen-bond donors (Lipinski definition) is 1. The number of carbonyl (C=O) groups is 1. The summed E-state index contributed by atoms with van der Waals surface area (Å²) in [5.74, 6) is -0.552. The molecule has 18 heavy (non-hydrogen) atoms. The van der Waals surface area contributed by atoms with Crippen LogP contribution in [0.25, 0.3) is 0 Å². The molecular formula is C12H17NO4S. The molecule has 0 bridgehead atoms. The Hall–Kier alpha value is -1.40. The van der Waals surface area contributed by atoms with Crippen LogP contribution in [0, 0.1) is 6.92 Å². The second kappa shape index (κ2) is 5.49. The van der Waals surface area contributed by atoms with Crippen LogP contribution < -0.4 is 5.14 Å². The minimum absolute atomic E-state index is 0.0391. The molecule has 0 heterocycles. The number of methoxy groups -OCH3 is 1. The predicted octanol–water partition coefficient (Wildman–Crippen LogP) is 1.38. The van der Waals surface area contributed by atoms with E-state index in [0.29, 0.717) is 12.0 Å². The molecule has 0 unspecified atom stereocenters. The fraction of sp³-hybridized carbons (Fsp3) is 0.417. The monoisotopic (exact) mass is 271 g/mol. The number of primary sulfonamides is 1. The Labute approximate surface area is 107 Å². The van der Waals surface area contributed by atoms with Crippen molar-refractivity contribution in [3.05, 3.63) is 28.8 Å². The van der Waals surface area contributed by atoms with Crippen molar-refractivity contribution in [1.29, 1.82) is 0 Å². The smallest absolute Gasteiger partial charge is 0.338 e. The van der Waals surface area contributed by atoms with E-state index in [2.05, 4.69) is 4.74 Å². The number of sulfonamides is 1. The van der Waals surface area contributed by atoms with Crippen LogP contribution in [0.5, 0.6) is 0 Å². The van der Waals surface area contributed by atoms with Crippen LogP contribution in [-0.2, 0) is 21.2 Å². The predicted molar refractivity (Wildman–Crippen MR) is 67.9 cm³/mol. The number of carbonyl (C=O) groups excluding carboxylic acids is 1. The maximum atomic E-state index is 11.6. The normalized spacial score (nSPS) is 11.3. The molecule has 0 atom stereocenters. The van der Waals surface area contributed by atoms with Crippen LogP contribution >= 0.6 is 0 Å². The Morgan fingerprint density at radius 1 is 1.39 bits per heavy atom. The van der Waals surface area contributed by atoms with Gasteiger partial charge in [-0.1, -0.05) is 19.4 Å². The fourth-order valence-electron chi connectivity index (χ4n) is 1.83. The van der Waals surface area contributed by atoms with Crippen LogP contribution in [-0.4, -0.2) is 21.5 Å². The second-order valence-electron chi connectivity index (χ2n) is 4.06. The van der Waals surface area contributed by atoms with Gasteiger partial charge in [0.25, 0.3) is 0 Å². The van der Waals surface area contributed by atoms with Crippen molar-refractivity contribution in [2.45, 2.75) is 31.6 Å². The van der Waals surface area contributed by atoms with Gasteiger partial charge in [-0.25, -0.2) is 18.4 Å². The van der Waals surface area contributed by atoms with Gasteiger partial charge in [-0.2, -0.15) is 0 Å². The maximum Gasteiger partial charge on any atom is 0.338 e. The molecule has 0 amide bonds. The Bertz CT molecular complexity index is 564. The number of benzene rings is 1. The number of esters is 1. The minimum Gasteiger partial charge on any atom is -0.465 e. The van der Waals surface area contributed by atoms with Gasteiger partial charge in [0.05, 0.1) is 17.6 Å². The zero-order chi connectivity index (χ0) is 13.9. The highest BCUT2D eigenvalue weighted by Crippen LogP contribution is 2.22. The third kappa shape index (κ3) is 3.08. The van der Waals surface area contributed by atoms with Gasteiger partial charge in [0, 0.05) is 0 Å². The van der Waals surface area contributed by atoms with E-state index < -0.39 is 16.0 Å². The lowest BCUT2D eigenvalue weighted by atomic mass is 10.0. The molecule has 0 saturated carbocycles. The summed E-state index contributed by atoms with van der Waals surface area (Å²) in [4.78, 5) is 11.6. The van der Waals surface area contributed by atoms with Crippen molar-refractivity contribution in [3.8, 4) is 0 Å². The number of nitrogens with two attached hydrogens (primary N) is 1. The standard InChI is InChI=1S/C12H17NO4S/c1-4-5-9-6-8(2)11(18(13,15)16)7-10(9)12(14)17-3/h6-7H,4-5H2,1-3H3,(H2,13,15,16). The number of ether oxygens (including phenoxy) is 1. The van der Waals surface area contributed by atoms with Crippen molar-refractivity contribution in [2.24, 2.45) is 5.14 Å². The highest BCUT2D eigenvalue weighted by molar-refractivity contribution is 7.89. The lowest BCUT2D eigenvalue weighted by Gasteiger charge is -2.11. The van der Waals surface area contributed by atoms with E-state index >= 15 is 0 Å². The summed E-state index contributed by atoms with van der Waals surface area (Å²) < 4.78 is 27.5. The molecule has 0 saturated heterocycles. The Balaban J connectivity index is 3.50. The first-order valence-electron chi connectivity index (χ1n) is 5.56. The SMILES string of the molecule is CCCc1cc(C)c(S(N)(=O)=O)cc1C(=O)OC. The molecule has 2 N–H and O–H groups in total. The molecule has 0 aromatic heterocycles. The third-order valence-corrected chi connectivity index (χ3v) is 3.68. The summed E-state index contributed by atoms with van der Waals surface area (Å²) >= 11 is 0. The van der Waals surface area contributed by atoms with Gasteiger partial charge < -0.3 is 4.74 Å². The summed E-state index contributed by atoms with van der Waals surface area (Å²) in [5.41, 5.74) is 1.57. The number of rotatable bonds is 4. The molecule has 5 nitrogen and oxygen atoms in total. The van der Waals surface area contributed by atoms with Gasteiger partial charge >= 0.3 is 5.97 Å². The molecule has 1 aromatic rings. The zero-order valence-corrected chi connectivity index (χ0v) is 11.5. The molecule has 6 heteroatoms. The third-order valence-electron chi connectivity index (χ3n) is 2.63. The van der Waals surface area contributed by atoms with Crippen molar-refractivity contribution in [2.75, 3.05) is 7.11 Å². The molecule has 0 radical (unpaired) electrons. The zero-order valence-electron chi connectivity index (χ0n) is 10.7. The highest BCUT2D eigenvalue weighted by atomic mass is 32.2. The molecule has 0 aliphatic heterocycles. The largest absolute Gasteiger partial charge is 0.465 e. The van der Waals surface area contributed by atoms with E-state index in [1.54, 1.807) is 13.0 Å². The van der Waals surface area contributed by atoms with E-state index in [4.69, 9.17) is 5.14 Å².